The molecule has 4 nitrogen and oxygen atoms in total. The van der Waals surface area contributed by atoms with Gasteiger partial charge in [-0.1, -0.05) is 13.8 Å². The van der Waals surface area contributed by atoms with E-state index >= 15 is 0 Å². The molecular formula is C17H30N2O2. The lowest BCUT2D eigenvalue weighted by Crippen LogP contribution is -2.26. The largest absolute Gasteiger partial charge is 0.493 e. The number of hydrogen-bond donors (Lipinski definition) is 1. The van der Waals surface area contributed by atoms with Gasteiger partial charge in [-0.2, -0.15) is 0 Å². The molecule has 0 bridgehead atoms. The Balaban J connectivity index is 2.62. The molecule has 0 fully saturated rings. The Morgan fingerprint density at radius 3 is 2.05 bits per heavy atom. The van der Waals surface area contributed by atoms with Crippen LogP contribution in [0.3, 0.4) is 0 Å². The molecule has 0 amide bonds. The lowest BCUT2D eigenvalue weighted by atomic mass is 10.1. The first-order valence-electron chi connectivity index (χ1n) is 7.88. The van der Waals surface area contributed by atoms with Crippen molar-refractivity contribution in [3.63, 3.8) is 0 Å². The number of nitrogens with two attached hydrogens (primary N) is 1. The van der Waals surface area contributed by atoms with Gasteiger partial charge in [-0.25, -0.2) is 0 Å². The summed E-state index contributed by atoms with van der Waals surface area (Å²) in [4.78, 5) is 2.52. The van der Waals surface area contributed by atoms with Crippen LogP contribution in [0.2, 0.25) is 0 Å². The minimum absolute atomic E-state index is 0.692. The van der Waals surface area contributed by atoms with Crippen molar-refractivity contribution in [1.82, 2.24) is 4.90 Å². The van der Waals surface area contributed by atoms with E-state index in [-0.39, 0.29) is 0 Å². The van der Waals surface area contributed by atoms with Crippen molar-refractivity contribution < 1.29 is 9.47 Å². The van der Waals surface area contributed by atoms with E-state index in [4.69, 9.17) is 15.2 Å². The van der Waals surface area contributed by atoms with Crippen LogP contribution in [-0.4, -0.2) is 38.8 Å². The third kappa shape index (κ3) is 5.46. The maximum Gasteiger partial charge on any atom is 0.162 e. The summed E-state index contributed by atoms with van der Waals surface area (Å²) in [5.74, 6) is 1.44. The van der Waals surface area contributed by atoms with Crippen LogP contribution in [0.5, 0.6) is 11.5 Å². The van der Waals surface area contributed by atoms with Crippen LogP contribution in [0.4, 0.5) is 5.69 Å². The summed E-state index contributed by atoms with van der Waals surface area (Å²) in [5.41, 5.74) is 8.03. The number of benzene rings is 1. The van der Waals surface area contributed by atoms with Crippen LogP contribution < -0.4 is 15.2 Å². The van der Waals surface area contributed by atoms with Crippen molar-refractivity contribution in [1.29, 1.82) is 0 Å². The second-order valence-electron chi connectivity index (χ2n) is 5.35. The topological polar surface area (TPSA) is 47.7 Å². The first-order chi connectivity index (χ1) is 10.2. The molecule has 0 aliphatic rings. The Kier molecular flexibility index (Phi) is 7.98. The highest BCUT2D eigenvalue weighted by atomic mass is 16.5. The third-order valence-corrected chi connectivity index (χ3v) is 3.65. The van der Waals surface area contributed by atoms with Gasteiger partial charge < -0.3 is 20.1 Å². The molecule has 0 saturated carbocycles. The third-order valence-electron chi connectivity index (χ3n) is 3.65. The normalized spacial score (nSPS) is 10.9. The van der Waals surface area contributed by atoms with Crippen molar-refractivity contribution in [2.75, 3.05) is 39.6 Å². The molecule has 0 radical (unpaired) electrons. The zero-order chi connectivity index (χ0) is 15.7. The molecule has 120 valence electrons. The molecule has 0 aliphatic heterocycles. The van der Waals surface area contributed by atoms with Gasteiger partial charge in [0.05, 0.1) is 14.2 Å². The second kappa shape index (κ2) is 9.50. The number of rotatable bonds is 10. The summed E-state index contributed by atoms with van der Waals surface area (Å²) in [6, 6.07) is 3.85. The van der Waals surface area contributed by atoms with Crippen molar-refractivity contribution in [3.8, 4) is 11.5 Å². The second-order valence-corrected chi connectivity index (χ2v) is 5.35. The van der Waals surface area contributed by atoms with Crippen molar-refractivity contribution in [3.05, 3.63) is 17.7 Å². The van der Waals surface area contributed by atoms with Gasteiger partial charge in [0.1, 0.15) is 0 Å². The molecule has 0 atom stereocenters. The van der Waals surface area contributed by atoms with Crippen molar-refractivity contribution >= 4 is 5.69 Å². The van der Waals surface area contributed by atoms with Crippen LogP contribution >= 0.6 is 0 Å². The van der Waals surface area contributed by atoms with E-state index in [2.05, 4.69) is 18.7 Å². The van der Waals surface area contributed by atoms with E-state index in [0.29, 0.717) is 5.75 Å². The maximum absolute atomic E-state index is 6.11. The molecule has 1 aromatic carbocycles. The molecule has 0 heterocycles. The fourth-order valence-corrected chi connectivity index (χ4v) is 2.61. The van der Waals surface area contributed by atoms with Crippen LogP contribution in [0.1, 0.15) is 38.7 Å². The quantitative estimate of drug-likeness (QED) is 0.672. The van der Waals surface area contributed by atoms with Gasteiger partial charge in [-0.15, -0.1) is 0 Å². The molecule has 21 heavy (non-hydrogen) atoms. The van der Waals surface area contributed by atoms with Gasteiger partial charge in [-0.05, 0) is 56.9 Å². The lowest BCUT2D eigenvalue weighted by Gasteiger charge is -2.21. The Labute approximate surface area is 129 Å². The Morgan fingerprint density at radius 2 is 1.52 bits per heavy atom. The highest BCUT2D eigenvalue weighted by Crippen LogP contribution is 2.32. The number of nitrogen functional groups attached to an aromatic ring is 1. The Hall–Kier alpha value is -1.42. The Bertz CT molecular complexity index is 415. The van der Waals surface area contributed by atoms with E-state index in [0.717, 1.165) is 36.4 Å². The zero-order valence-corrected chi connectivity index (χ0v) is 13.9. The summed E-state index contributed by atoms with van der Waals surface area (Å²) in [6.07, 6.45) is 4.49. The average Bonchev–Trinajstić information content (AvgIpc) is 2.48. The number of aryl methyl sites for hydroxylation is 1. The zero-order valence-electron chi connectivity index (χ0n) is 13.9. The minimum atomic E-state index is 0.692. The number of nitrogens with zero attached hydrogens (tertiary/aromatic N) is 1. The van der Waals surface area contributed by atoms with Gasteiger partial charge in [0, 0.05) is 11.8 Å². The SMILES string of the molecule is CCCN(CCC)CCCc1cc(OC)c(OC)cc1N. The van der Waals surface area contributed by atoms with Gasteiger partial charge >= 0.3 is 0 Å². The van der Waals surface area contributed by atoms with Gasteiger partial charge in [0.15, 0.2) is 11.5 Å². The molecule has 4 heteroatoms. The average molecular weight is 294 g/mol. The van der Waals surface area contributed by atoms with E-state index in [1.54, 1.807) is 14.2 Å². The number of hydrogen-bond acceptors (Lipinski definition) is 4. The van der Waals surface area contributed by atoms with E-state index in [1.807, 2.05) is 12.1 Å². The van der Waals surface area contributed by atoms with Crippen LogP contribution in [0, 0.1) is 0 Å². The van der Waals surface area contributed by atoms with Gasteiger partial charge in [-0.3, -0.25) is 0 Å². The highest BCUT2D eigenvalue weighted by Gasteiger charge is 2.10. The van der Waals surface area contributed by atoms with Crippen LogP contribution in [0.25, 0.3) is 0 Å². The predicted octanol–water partition coefficient (Wildman–Crippen LogP) is 3.34. The molecule has 0 unspecified atom stereocenters. The fourth-order valence-electron chi connectivity index (χ4n) is 2.61. The summed E-state index contributed by atoms with van der Waals surface area (Å²) in [7, 11) is 3.28. The van der Waals surface area contributed by atoms with E-state index < -0.39 is 0 Å². The van der Waals surface area contributed by atoms with Crippen LogP contribution in [0.15, 0.2) is 12.1 Å². The molecule has 1 aromatic rings. The standard InChI is InChI=1S/C17H30N2O2/c1-5-9-19(10-6-2)11-7-8-14-12-16(20-3)17(21-4)13-15(14)18/h12-13H,5-11,18H2,1-4H3. The van der Waals surface area contributed by atoms with E-state index in [9.17, 15) is 0 Å². The number of methoxy groups -OCH3 is 2. The summed E-state index contributed by atoms with van der Waals surface area (Å²) in [5, 5.41) is 0. The molecule has 0 aromatic heterocycles. The van der Waals surface area contributed by atoms with Crippen molar-refractivity contribution in [2.45, 2.75) is 39.5 Å². The first-order valence-corrected chi connectivity index (χ1v) is 7.88. The fraction of sp³-hybridized carbons (Fsp3) is 0.647. The lowest BCUT2D eigenvalue weighted by molar-refractivity contribution is 0.271. The molecule has 0 spiro atoms. The molecular weight excluding hydrogens is 264 g/mol. The molecule has 1 rings (SSSR count). The summed E-state index contributed by atoms with van der Waals surface area (Å²) >= 11 is 0. The summed E-state index contributed by atoms with van der Waals surface area (Å²) in [6.45, 7) is 7.93. The summed E-state index contributed by atoms with van der Waals surface area (Å²) < 4.78 is 10.6. The van der Waals surface area contributed by atoms with Crippen molar-refractivity contribution in [2.24, 2.45) is 0 Å². The number of anilines is 1. The van der Waals surface area contributed by atoms with Gasteiger partial charge in [0.2, 0.25) is 0 Å². The first kappa shape index (κ1) is 17.6. The predicted molar refractivity (Wildman–Crippen MR) is 89.3 cm³/mol. The van der Waals surface area contributed by atoms with Crippen LogP contribution in [-0.2, 0) is 6.42 Å². The Morgan fingerprint density at radius 1 is 0.952 bits per heavy atom. The smallest absolute Gasteiger partial charge is 0.162 e. The maximum atomic E-state index is 6.11. The number of ether oxygens (including phenoxy) is 2. The molecule has 2 N–H and O–H groups in total. The van der Waals surface area contributed by atoms with E-state index in [1.165, 1.54) is 25.9 Å². The highest BCUT2D eigenvalue weighted by molar-refractivity contribution is 5.58. The molecule has 0 aliphatic carbocycles. The monoisotopic (exact) mass is 294 g/mol. The van der Waals surface area contributed by atoms with Gasteiger partial charge in [0.25, 0.3) is 0 Å². The minimum Gasteiger partial charge on any atom is -0.493 e. The molecule has 0 saturated heterocycles.